The Morgan fingerprint density at radius 1 is 1.30 bits per heavy atom. The lowest BCUT2D eigenvalue weighted by Crippen LogP contribution is -2.35. The lowest BCUT2D eigenvalue weighted by molar-refractivity contribution is 0.0941. The second-order valence-corrected chi connectivity index (χ2v) is 8.64. The summed E-state index contributed by atoms with van der Waals surface area (Å²) in [5, 5.41) is 3.71. The Labute approximate surface area is 140 Å². The molecule has 0 saturated carbocycles. The molecule has 7 heteroatoms. The summed E-state index contributed by atoms with van der Waals surface area (Å²) in [7, 11) is -3.04. The molecule has 2 aromatic rings. The van der Waals surface area contributed by atoms with Crippen molar-refractivity contribution in [2.75, 3.05) is 11.5 Å². The van der Waals surface area contributed by atoms with Crippen molar-refractivity contribution in [1.29, 1.82) is 0 Å². The zero-order valence-corrected chi connectivity index (χ0v) is 14.5. The van der Waals surface area contributed by atoms with Crippen molar-refractivity contribution >= 4 is 38.2 Å². The summed E-state index contributed by atoms with van der Waals surface area (Å²) in [6.45, 7) is 3.92. The summed E-state index contributed by atoms with van der Waals surface area (Å²) < 4.78 is 23.0. The Kier molecular flexibility index (Phi) is 4.06. The van der Waals surface area contributed by atoms with E-state index in [1.807, 2.05) is 26.0 Å². The van der Waals surface area contributed by atoms with E-state index in [1.165, 1.54) is 0 Å². The smallest absolute Gasteiger partial charge is 0.254 e. The van der Waals surface area contributed by atoms with Gasteiger partial charge in [0.2, 0.25) is 0 Å². The van der Waals surface area contributed by atoms with Crippen LogP contribution >= 0.6 is 11.6 Å². The number of aryl methyl sites for hydroxylation is 2. The summed E-state index contributed by atoms with van der Waals surface area (Å²) in [6, 6.07) is 5.30. The fourth-order valence-electron chi connectivity index (χ4n) is 2.96. The van der Waals surface area contributed by atoms with Crippen LogP contribution in [0.2, 0.25) is 5.15 Å². The molecule has 1 unspecified atom stereocenters. The van der Waals surface area contributed by atoms with Gasteiger partial charge in [-0.15, -0.1) is 0 Å². The maximum atomic E-state index is 12.4. The van der Waals surface area contributed by atoms with Gasteiger partial charge in [-0.05, 0) is 38.0 Å². The maximum Gasteiger partial charge on any atom is 0.254 e. The molecule has 0 spiro atoms. The highest BCUT2D eigenvalue weighted by atomic mass is 35.5. The van der Waals surface area contributed by atoms with Gasteiger partial charge < -0.3 is 5.32 Å². The lowest BCUT2D eigenvalue weighted by atomic mass is 10.1. The second kappa shape index (κ2) is 5.76. The minimum Gasteiger partial charge on any atom is -0.348 e. The third-order valence-electron chi connectivity index (χ3n) is 4.02. The molecular formula is C16H17ClN2O3S. The third kappa shape index (κ3) is 3.33. The monoisotopic (exact) mass is 352 g/mol. The van der Waals surface area contributed by atoms with Crippen LogP contribution in [0.15, 0.2) is 18.2 Å². The predicted octanol–water partition coefficient (Wildman–Crippen LogP) is 2.42. The number of benzene rings is 1. The molecule has 1 fully saturated rings. The lowest BCUT2D eigenvalue weighted by Gasteiger charge is -2.13. The number of fused-ring (bicyclic) bond motifs is 1. The van der Waals surface area contributed by atoms with E-state index in [-0.39, 0.29) is 34.2 Å². The van der Waals surface area contributed by atoms with Crippen LogP contribution in [0.4, 0.5) is 0 Å². The first-order valence-electron chi connectivity index (χ1n) is 7.34. The number of nitrogens with one attached hydrogen (secondary N) is 1. The van der Waals surface area contributed by atoms with Crippen molar-refractivity contribution in [3.8, 4) is 0 Å². The number of halogens is 1. The molecule has 23 heavy (non-hydrogen) atoms. The standard InChI is InChI=1S/C16H17ClN2O3S/c1-9-5-10(2)14-11(6-9)7-13(15(17)19-14)16(20)18-12-3-4-23(21,22)8-12/h5-7,12H,3-4,8H2,1-2H3,(H,18,20). The van der Waals surface area contributed by atoms with E-state index in [4.69, 9.17) is 11.6 Å². The molecule has 1 amide bonds. The van der Waals surface area contributed by atoms with Crippen LogP contribution in [-0.2, 0) is 9.84 Å². The number of carbonyl (C=O) groups excluding carboxylic acids is 1. The summed E-state index contributed by atoms with van der Waals surface area (Å²) in [4.78, 5) is 16.7. The van der Waals surface area contributed by atoms with Gasteiger partial charge in [0, 0.05) is 11.4 Å². The van der Waals surface area contributed by atoms with Crippen LogP contribution in [0.25, 0.3) is 10.9 Å². The molecule has 122 valence electrons. The van der Waals surface area contributed by atoms with Gasteiger partial charge >= 0.3 is 0 Å². The van der Waals surface area contributed by atoms with Gasteiger partial charge in [-0.2, -0.15) is 0 Å². The summed E-state index contributed by atoms with van der Waals surface area (Å²) in [6.07, 6.45) is 0.435. The van der Waals surface area contributed by atoms with Crippen LogP contribution in [0.1, 0.15) is 27.9 Å². The van der Waals surface area contributed by atoms with Gasteiger partial charge in [0.25, 0.3) is 5.91 Å². The predicted molar refractivity (Wildman–Crippen MR) is 90.8 cm³/mol. The highest BCUT2D eigenvalue weighted by Crippen LogP contribution is 2.25. The third-order valence-corrected chi connectivity index (χ3v) is 6.07. The molecule has 3 rings (SSSR count). The molecule has 0 bridgehead atoms. The van der Waals surface area contributed by atoms with Gasteiger partial charge in [-0.3, -0.25) is 4.79 Å². The van der Waals surface area contributed by atoms with Crippen LogP contribution in [0, 0.1) is 13.8 Å². The number of hydrogen-bond acceptors (Lipinski definition) is 4. The Hall–Kier alpha value is -1.66. The summed E-state index contributed by atoms with van der Waals surface area (Å²) in [5.41, 5.74) is 3.11. The molecule has 5 nitrogen and oxygen atoms in total. The molecule has 1 N–H and O–H groups in total. The van der Waals surface area contributed by atoms with Gasteiger partial charge in [0.05, 0.1) is 22.6 Å². The maximum absolute atomic E-state index is 12.4. The van der Waals surface area contributed by atoms with E-state index in [9.17, 15) is 13.2 Å². The van der Waals surface area contributed by atoms with E-state index < -0.39 is 9.84 Å². The molecule has 2 heterocycles. The molecule has 1 aliphatic heterocycles. The van der Waals surface area contributed by atoms with E-state index in [0.717, 1.165) is 22.0 Å². The number of hydrogen-bond donors (Lipinski definition) is 1. The number of nitrogens with zero attached hydrogens (tertiary/aromatic N) is 1. The molecule has 1 saturated heterocycles. The minimum absolute atomic E-state index is 0.0183. The number of aromatic nitrogens is 1. The number of amides is 1. The van der Waals surface area contributed by atoms with E-state index in [1.54, 1.807) is 6.07 Å². The first kappa shape index (κ1) is 16.2. The average Bonchev–Trinajstić information content (AvgIpc) is 2.78. The van der Waals surface area contributed by atoms with Crippen molar-refractivity contribution in [2.24, 2.45) is 0 Å². The Morgan fingerprint density at radius 2 is 2.04 bits per heavy atom. The van der Waals surface area contributed by atoms with Gasteiger partial charge in [-0.1, -0.05) is 23.2 Å². The number of sulfone groups is 1. The Morgan fingerprint density at radius 3 is 2.70 bits per heavy atom. The van der Waals surface area contributed by atoms with Crippen LogP contribution in [0.3, 0.4) is 0 Å². The van der Waals surface area contributed by atoms with Crippen LogP contribution < -0.4 is 5.32 Å². The second-order valence-electron chi connectivity index (χ2n) is 6.05. The normalized spacial score (nSPS) is 19.9. The SMILES string of the molecule is Cc1cc(C)c2nc(Cl)c(C(=O)NC3CCS(=O)(=O)C3)cc2c1. The van der Waals surface area contributed by atoms with Crippen molar-refractivity contribution < 1.29 is 13.2 Å². The molecule has 1 aromatic heterocycles. The van der Waals surface area contributed by atoms with E-state index >= 15 is 0 Å². The van der Waals surface area contributed by atoms with Crippen LogP contribution in [0.5, 0.6) is 0 Å². The molecule has 1 atom stereocenters. The topological polar surface area (TPSA) is 76.1 Å². The fourth-order valence-corrected chi connectivity index (χ4v) is 4.86. The number of carbonyl (C=O) groups is 1. The average molecular weight is 353 g/mol. The molecule has 0 aliphatic carbocycles. The molecule has 0 radical (unpaired) electrons. The first-order chi connectivity index (χ1) is 10.7. The van der Waals surface area contributed by atoms with E-state index in [2.05, 4.69) is 10.3 Å². The quantitative estimate of drug-likeness (QED) is 0.842. The molecular weight excluding hydrogens is 336 g/mol. The summed E-state index contributed by atoms with van der Waals surface area (Å²) >= 11 is 6.16. The van der Waals surface area contributed by atoms with E-state index in [0.29, 0.717) is 6.42 Å². The van der Waals surface area contributed by atoms with Gasteiger partial charge in [0.15, 0.2) is 9.84 Å². The van der Waals surface area contributed by atoms with Crippen molar-refractivity contribution in [2.45, 2.75) is 26.3 Å². The largest absolute Gasteiger partial charge is 0.348 e. The Bertz CT molecular complexity index is 909. The van der Waals surface area contributed by atoms with Crippen molar-refractivity contribution in [3.63, 3.8) is 0 Å². The summed E-state index contributed by atoms with van der Waals surface area (Å²) in [5.74, 6) is -0.291. The molecule has 1 aliphatic rings. The molecule has 1 aromatic carbocycles. The van der Waals surface area contributed by atoms with Crippen LogP contribution in [-0.4, -0.2) is 36.9 Å². The number of rotatable bonds is 2. The first-order valence-corrected chi connectivity index (χ1v) is 9.54. The Balaban J connectivity index is 1.93. The van der Waals surface area contributed by atoms with Crippen molar-refractivity contribution in [3.05, 3.63) is 40.0 Å². The fraction of sp³-hybridized carbons (Fsp3) is 0.375. The van der Waals surface area contributed by atoms with Gasteiger partial charge in [0.1, 0.15) is 5.15 Å². The minimum atomic E-state index is -3.04. The highest BCUT2D eigenvalue weighted by molar-refractivity contribution is 7.91. The zero-order valence-electron chi connectivity index (χ0n) is 12.9. The van der Waals surface area contributed by atoms with Crippen molar-refractivity contribution in [1.82, 2.24) is 10.3 Å². The number of pyridine rings is 1. The zero-order chi connectivity index (χ0) is 16.8. The highest BCUT2D eigenvalue weighted by Gasteiger charge is 2.29. The van der Waals surface area contributed by atoms with Gasteiger partial charge in [-0.25, -0.2) is 13.4 Å².